The van der Waals surface area contributed by atoms with Crippen molar-refractivity contribution in [3.8, 4) is 68.1 Å². The van der Waals surface area contributed by atoms with Crippen LogP contribution in [0.2, 0.25) is 0 Å². The molecule has 8 heteroatoms. The predicted molar refractivity (Wildman–Crippen MR) is 231 cm³/mol. The van der Waals surface area contributed by atoms with Crippen molar-refractivity contribution in [2.45, 2.75) is 0 Å². The third-order valence-corrected chi connectivity index (χ3v) is 10.4. The molecule has 11 rings (SSSR count). The number of hydrogen-bond donors (Lipinski definition) is 0. The quantitative estimate of drug-likeness (QED) is 0.155. The second-order valence-electron chi connectivity index (χ2n) is 14.0. The highest BCUT2D eigenvalue weighted by molar-refractivity contribution is 6.10. The summed E-state index contributed by atoms with van der Waals surface area (Å²) in [6.45, 7) is 0. The minimum absolute atomic E-state index is 0.619. The summed E-state index contributed by atoms with van der Waals surface area (Å²) in [5, 5.41) is 3.51. The van der Waals surface area contributed by atoms with Crippen LogP contribution in [0.25, 0.3) is 112 Å². The molecular weight excluding hydrogens is 713 g/mol. The lowest BCUT2D eigenvalue weighted by Crippen LogP contribution is -1.99. The summed E-state index contributed by atoms with van der Waals surface area (Å²) in [7, 11) is 0. The lowest BCUT2D eigenvalue weighted by molar-refractivity contribution is 1.21. The van der Waals surface area contributed by atoms with Gasteiger partial charge in [0.1, 0.15) is 0 Å². The van der Waals surface area contributed by atoms with Gasteiger partial charge >= 0.3 is 0 Å². The van der Waals surface area contributed by atoms with Crippen LogP contribution in [0.5, 0.6) is 0 Å². The van der Waals surface area contributed by atoms with Crippen molar-refractivity contribution in [3.05, 3.63) is 182 Å². The summed E-state index contributed by atoms with van der Waals surface area (Å²) < 4.78 is 0. The van der Waals surface area contributed by atoms with Crippen molar-refractivity contribution in [2.24, 2.45) is 0 Å². The minimum atomic E-state index is 0.619. The maximum absolute atomic E-state index is 5.25. The van der Waals surface area contributed by atoms with Crippen molar-refractivity contribution < 1.29 is 0 Å². The van der Waals surface area contributed by atoms with E-state index in [1.54, 1.807) is 0 Å². The lowest BCUT2D eigenvalue weighted by atomic mass is 9.98. The zero-order valence-corrected chi connectivity index (χ0v) is 30.9. The third kappa shape index (κ3) is 5.88. The van der Waals surface area contributed by atoms with Gasteiger partial charge in [-0.3, -0.25) is 0 Å². The predicted octanol–water partition coefficient (Wildman–Crippen LogP) is 11.5. The Morgan fingerprint density at radius 2 is 0.621 bits per heavy atom. The number of benzene rings is 7. The molecule has 7 aromatic carbocycles. The topological polar surface area (TPSA) is 103 Å². The van der Waals surface area contributed by atoms with Gasteiger partial charge in [-0.15, -0.1) is 0 Å². The van der Waals surface area contributed by atoms with Gasteiger partial charge in [0.15, 0.2) is 23.3 Å². The smallest absolute Gasteiger partial charge is 0.160 e. The Morgan fingerprint density at radius 3 is 1.02 bits per heavy atom. The summed E-state index contributed by atoms with van der Waals surface area (Å²) in [5.74, 6) is 2.57. The highest BCUT2D eigenvalue weighted by Gasteiger charge is 2.19. The number of nitrogens with zero attached hydrogens (tertiary/aromatic N) is 8. The Kier molecular flexibility index (Phi) is 7.96. The summed E-state index contributed by atoms with van der Waals surface area (Å²) >= 11 is 0. The fourth-order valence-electron chi connectivity index (χ4n) is 7.54. The van der Waals surface area contributed by atoms with Crippen LogP contribution in [0.4, 0.5) is 0 Å². The molecule has 0 aliphatic heterocycles. The van der Waals surface area contributed by atoms with Gasteiger partial charge in [0.25, 0.3) is 0 Å². The molecule has 270 valence electrons. The molecule has 0 N–H and O–H groups in total. The number of hydrogen-bond acceptors (Lipinski definition) is 8. The van der Waals surface area contributed by atoms with Crippen LogP contribution in [-0.2, 0) is 0 Å². The van der Waals surface area contributed by atoms with E-state index in [0.29, 0.717) is 23.3 Å². The number of fused-ring (bicyclic) bond motifs is 6. The molecule has 0 saturated heterocycles. The van der Waals surface area contributed by atoms with Gasteiger partial charge in [0, 0.05) is 67.3 Å². The van der Waals surface area contributed by atoms with Gasteiger partial charge in [-0.25, -0.2) is 39.9 Å². The van der Waals surface area contributed by atoms with Crippen LogP contribution >= 0.6 is 0 Å². The van der Waals surface area contributed by atoms with Crippen LogP contribution in [0.3, 0.4) is 0 Å². The molecule has 0 bridgehead atoms. The lowest BCUT2D eigenvalue weighted by Gasteiger charge is -2.14. The molecule has 0 atom stereocenters. The van der Waals surface area contributed by atoms with Crippen molar-refractivity contribution in [1.29, 1.82) is 0 Å². The molecule has 8 nitrogen and oxygen atoms in total. The second-order valence-corrected chi connectivity index (χ2v) is 14.0. The van der Waals surface area contributed by atoms with Gasteiger partial charge in [-0.1, -0.05) is 140 Å². The van der Waals surface area contributed by atoms with E-state index in [1.807, 2.05) is 146 Å². The summed E-state index contributed by atoms with van der Waals surface area (Å²) in [6, 6.07) is 56.8. The second kappa shape index (κ2) is 13.9. The third-order valence-electron chi connectivity index (χ3n) is 10.4. The van der Waals surface area contributed by atoms with Crippen molar-refractivity contribution in [3.63, 3.8) is 0 Å². The summed E-state index contributed by atoms with van der Waals surface area (Å²) in [6.07, 6.45) is 3.76. The Morgan fingerprint density at radius 1 is 0.259 bits per heavy atom. The molecular formula is C50H30N8. The monoisotopic (exact) mass is 742 g/mol. The fourth-order valence-corrected chi connectivity index (χ4v) is 7.54. The molecule has 11 aromatic rings. The number of aromatic nitrogens is 8. The molecule has 4 aromatic heterocycles. The first-order valence-electron chi connectivity index (χ1n) is 19.0. The average molecular weight is 743 g/mol. The van der Waals surface area contributed by atoms with Crippen LogP contribution < -0.4 is 0 Å². The molecule has 0 fully saturated rings. The van der Waals surface area contributed by atoms with Gasteiger partial charge < -0.3 is 0 Å². The standard InChI is InChI=1S/C50H30N8/c1-5-14-31(15-6-1)47-51-29-39-41(53-47)26-24-37-43(55-49(57-45(37)39)33-18-9-3-10-19-33)35-22-13-23-36(28-35)44-38-25-27-42-40(30-52-48(54-42)32-16-7-2-8-17-32)46(38)58-50(56-44)34-20-11-4-12-21-34/h1-30H. The number of rotatable bonds is 6. The molecule has 0 spiro atoms. The van der Waals surface area contributed by atoms with E-state index < -0.39 is 0 Å². The van der Waals surface area contributed by atoms with Gasteiger partial charge in [0.2, 0.25) is 0 Å². The van der Waals surface area contributed by atoms with E-state index in [9.17, 15) is 0 Å². The molecule has 0 saturated carbocycles. The van der Waals surface area contributed by atoms with Crippen molar-refractivity contribution >= 4 is 43.6 Å². The van der Waals surface area contributed by atoms with Gasteiger partial charge in [-0.05, 0) is 30.3 Å². The zero-order chi connectivity index (χ0) is 38.4. The zero-order valence-electron chi connectivity index (χ0n) is 30.9. The molecule has 0 amide bonds. The summed E-state index contributed by atoms with van der Waals surface area (Å²) in [5.41, 5.74) is 10.4. The van der Waals surface area contributed by atoms with Crippen LogP contribution in [0.1, 0.15) is 0 Å². The van der Waals surface area contributed by atoms with E-state index in [4.69, 9.17) is 39.9 Å². The molecule has 0 unspecified atom stereocenters. The molecule has 0 aliphatic carbocycles. The van der Waals surface area contributed by atoms with Crippen LogP contribution in [0.15, 0.2) is 182 Å². The molecule has 0 aliphatic rings. The largest absolute Gasteiger partial charge is 0.236 e. The van der Waals surface area contributed by atoms with E-state index in [2.05, 4.69) is 36.4 Å². The normalized spacial score (nSPS) is 11.4. The fraction of sp³-hybridized carbons (Fsp3) is 0. The first-order valence-corrected chi connectivity index (χ1v) is 19.0. The van der Waals surface area contributed by atoms with Gasteiger partial charge in [-0.2, -0.15) is 0 Å². The highest BCUT2D eigenvalue weighted by atomic mass is 14.9. The van der Waals surface area contributed by atoms with E-state index in [-0.39, 0.29) is 0 Å². The minimum Gasteiger partial charge on any atom is -0.236 e. The molecule has 4 heterocycles. The van der Waals surface area contributed by atoms with E-state index >= 15 is 0 Å². The first kappa shape index (κ1) is 33.3. The Balaban J connectivity index is 1.11. The van der Waals surface area contributed by atoms with Crippen LogP contribution in [0, 0.1) is 0 Å². The van der Waals surface area contributed by atoms with E-state index in [1.165, 1.54) is 0 Å². The van der Waals surface area contributed by atoms with Crippen LogP contribution in [-0.4, -0.2) is 39.9 Å². The summed E-state index contributed by atoms with van der Waals surface area (Å²) in [4.78, 5) is 40.3. The Labute approximate surface area is 332 Å². The van der Waals surface area contributed by atoms with Crippen molar-refractivity contribution in [1.82, 2.24) is 39.9 Å². The SMILES string of the molecule is c1ccc(-c2ncc3c(ccc4c(-c5cccc(-c6nc(-c7ccccc7)nc7c6ccc6nc(-c8ccccc8)ncc67)c5)nc(-c5ccccc5)nc43)n2)cc1. The molecule has 0 radical (unpaired) electrons. The average Bonchev–Trinajstić information content (AvgIpc) is 3.31. The maximum Gasteiger partial charge on any atom is 0.160 e. The maximum atomic E-state index is 5.25. The highest BCUT2D eigenvalue weighted by Crippen LogP contribution is 2.38. The van der Waals surface area contributed by atoms with Gasteiger partial charge in [0.05, 0.1) is 33.5 Å². The Bertz CT molecular complexity index is 3100. The Hall–Kier alpha value is -8.10. The molecule has 58 heavy (non-hydrogen) atoms. The van der Waals surface area contributed by atoms with Crippen molar-refractivity contribution in [2.75, 3.05) is 0 Å². The first-order chi connectivity index (χ1) is 28.7. The van der Waals surface area contributed by atoms with E-state index in [0.717, 1.165) is 88.4 Å².